The van der Waals surface area contributed by atoms with Crippen molar-refractivity contribution in [1.29, 1.82) is 0 Å². The monoisotopic (exact) mass is 492 g/mol. The van der Waals surface area contributed by atoms with E-state index >= 15 is 0 Å². The van der Waals surface area contributed by atoms with Crippen LogP contribution in [0.5, 0.6) is 11.5 Å². The summed E-state index contributed by atoms with van der Waals surface area (Å²) in [6, 6.07) is 15.0. The number of ether oxygens (including phenoxy) is 2. The first-order chi connectivity index (χ1) is 17.1. The number of ketones is 1. The van der Waals surface area contributed by atoms with Crippen molar-refractivity contribution in [2.24, 2.45) is 0 Å². The molecule has 0 saturated carbocycles. The SMILES string of the molecule is Cc1cc(O)c2c(c1)[C@](O)([C@H]1OC[C@H](OC(=O)c3ccccc3)[C@H](O)[C@H]1O)c1cccc(O)c1C2=O. The van der Waals surface area contributed by atoms with Crippen molar-refractivity contribution in [2.45, 2.75) is 36.9 Å². The van der Waals surface area contributed by atoms with Crippen LogP contribution in [0, 0.1) is 6.92 Å². The number of hydrogen-bond acceptors (Lipinski definition) is 9. The standard InChI is InChI=1S/C27H24O9/c1-13-10-16-21(18(29)11-13)23(31)20-15(8-5-9-17(20)28)27(16,34)25-24(32)22(30)19(12-35-25)36-26(33)14-6-3-2-4-7-14/h2-11,19,22,24-25,28-30,32,34H,12H2,1H3/t19-,22-,24+,25-,27-/m0/s1. The fraction of sp³-hybridized carbons (Fsp3) is 0.259. The molecule has 3 aromatic carbocycles. The molecule has 1 aliphatic heterocycles. The minimum atomic E-state index is -2.25. The Morgan fingerprint density at radius 1 is 0.944 bits per heavy atom. The van der Waals surface area contributed by atoms with E-state index in [1.807, 2.05) is 0 Å². The lowest BCUT2D eigenvalue weighted by atomic mass is 9.68. The van der Waals surface area contributed by atoms with Gasteiger partial charge in [-0.3, -0.25) is 4.79 Å². The van der Waals surface area contributed by atoms with Gasteiger partial charge in [0.25, 0.3) is 0 Å². The lowest BCUT2D eigenvalue weighted by Gasteiger charge is -2.47. The van der Waals surface area contributed by atoms with Gasteiger partial charge in [-0.2, -0.15) is 0 Å². The predicted octanol–water partition coefficient (Wildman–Crippen LogP) is 1.53. The van der Waals surface area contributed by atoms with Gasteiger partial charge >= 0.3 is 5.97 Å². The molecule has 5 atom stereocenters. The van der Waals surface area contributed by atoms with Gasteiger partial charge in [-0.1, -0.05) is 36.4 Å². The number of carbonyl (C=O) groups is 2. The Morgan fingerprint density at radius 2 is 1.64 bits per heavy atom. The number of fused-ring (bicyclic) bond motifs is 2. The third-order valence-corrected chi connectivity index (χ3v) is 6.74. The Balaban J connectivity index is 1.55. The number of rotatable bonds is 3. The molecule has 3 aromatic rings. The predicted molar refractivity (Wildman–Crippen MR) is 125 cm³/mol. The molecule has 1 fully saturated rings. The number of benzene rings is 3. The van der Waals surface area contributed by atoms with E-state index in [0.29, 0.717) is 5.56 Å². The van der Waals surface area contributed by atoms with Gasteiger partial charge in [0.15, 0.2) is 6.10 Å². The van der Waals surface area contributed by atoms with E-state index in [-0.39, 0.29) is 34.4 Å². The number of phenols is 2. The fourth-order valence-corrected chi connectivity index (χ4v) is 5.03. The summed E-state index contributed by atoms with van der Waals surface area (Å²) >= 11 is 0. The molecule has 5 rings (SSSR count). The molecule has 9 heteroatoms. The first kappa shape index (κ1) is 24.0. The molecular formula is C27H24O9. The molecule has 1 heterocycles. The maximum absolute atomic E-state index is 13.2. The summed E-state index contributed by atoms with van der Waals surface area (Å²) in [6.07, 6.45) is -6.23. The van der Waals surface area contributed by atoms with Crippen molar-refractivity contribution in [2.75, 3.05) is 6.61 Å². The quantitative estimate of drug-likeness (QED) is 0.343. The van der Waals surface area contributed by atoms with Gasteiger partial charge in [0.1, 0.15) is 35.4 Å². The number of hydrogen-bond donors (Lipinski definition) is 5. The smallest absolute Gasteiger partial charge is 0.338 e. The minimum absolute atomic E-state index is 0.0425. The summed E-state index contributed by atoms with van der Waals surface area (Å²) < 4.78 is 11.2. The maximum atomic E-state index is 13.2. The third kappa shape index (κ3) is 3.56. The summed E-state index contributed by atoms with van der Waals surface area (Å²) in [5.74, 6) is -2.28. The molecule has 0 amide bonds. The number of carbonyl (C=O) groups excluding carboxylic acids is 2. The van der Waals surface area contributed by atoms with Gasteiger partial charge in [0, 0.05) is 11.1 Å². The molecule has 0 bridgehead atoms. The van der Waals surface area contributed by atoms with Crippen LogP contribution < -0.4 is 0 Å². The van der Waals surface area contributed by atoms with Gasteiger partial charge in [-0.25, -0.2) is 4.79 Å². The highest BCUT2D eigenvalue weighted by atomic mass is 16.6. The molecule has 1 saturated heterocycles. The van der Waals surface area contributed by atoms with Crippen molar-refractivity contribution < 1.29 is 44.6 Å². The first-order valence-electron chi connectivity index (χ1n) is 11.3. The number of phenolic OH excluding ortho intramolecular Hbond substituents is 2. The Kier molecular flexibility index (Phi) is 5.80. The van der Waals surface area contributed by atoms with Crippen molar-refractivity contribution in [1.82, 2.24) is 0 Å². The van der Waals surface area contributed by atoms with Crippen molar-refractivity contribution >= 4 is 11.8 Å². The zero-order valence-electron chi connectivity index (χ0n) is 19.2. The number of aromatic hydroxyl groups is 2. The minimum Gasteiger partial charge on any atom is -0.507 e. The Morgan fingerprint density at radius 3 is 2.36 bits per heavy atom. The molecule has 36 heavy (non-hydrogen) atoms. The normalized spacial score (nSPS) is 27.2. The molecule has 2 aliphatic rings. The molecule has 0 aromatic heterocycles. The van der Waals surface area contributed by atoms with Crippen LogP contribution in [-0.2, 0) is 15.1 Å². The van der Waals surface area contributed by atoms with Crippen molar-refractivity contribution in [3.63, 3.8) is 0 Å². The summed E-state index contributed by atoms with van der Waals surface area (Å²) in [6.45, 7) is 1.27. The number of aliphatic hydroxyl groups excluding tert-OH is 2. The van der Waals surface area contributed by atoms with Crippen LogP contribution in [0.2, 0.25) is 0 Å². The largest absolute Gasteiger partial charge is 0.507 e. The van der Waals surface area contributed by atoms with Gasteiger partial charge < -0.3 is 35.0 Å². The average Bonchev–Trinajstić information content (AvgIpc) is 2.85. The van der Waals surface area contributed by atoms with Crippen LogP contribution in [0.4, 0.5) is 0 Å². The Labute approximate surface area is 205 Å². The highest BCUT2D eigenvalue weighted by Crippen LogP contribution is 2.49. The average molecular weight is 492 g/mol. The van der Waals surface area contributed by atoms with Gasteiger partial charge in [-0.15, -0.1) is 0 Å². The highest BCUT2D eigenvalue weighted by molar-refractivity contribution is 6.16. The second-order valence-electron chi connectivity index (χ2n) is 9.05. The number of esters is 1. The van der Waals surface area contributed by atoms with Gasteiger partial charge in [0.2, 0.25) is 5.78 Å². The molecular weight excluding hydrogens is 468 g/mol. The van der Waals surface area contributed by atoms with Crippen LogP contribution in [-0.4, -0.2) is 68.3 Å². The lowest BCUT2D eigenvalue weighted by Crippen LogP contribution is -2.62. The lowest BCUT2D eigenvalue weighted by molar-refractivity contribution is -0.231. The maximum Gasteiger partial charge on any atom is 0.338 e. The molecule has 0 radical (unpaired) electrons. The molecule has 1 aliphatic carbocycles. The van der Waals surface area contributed by atoms with Crippen LogP contribution in [0.15, 0.2) is 60.7 Å². The van der Waals surface area contributed by atoms with Gasteiger partial charge in [-0.05, 0) is 36.8 Å². The van der Waals surface area contributed by atoms with Gasteiger partial charge in [0.05, 0.1) is 23.3 Å². The van der Waals surface area contributed by atoms with E-state index in [1.54, 1.807) is 25.1 Å². The summed E-state index contributed by atoms with van der Waals surface area (Å²) in [5, 5.41) is 55.2. The molecule has 0 spiro atoms. The molecule has 9 nitrogen and oxygen atoms in total. The zero-order chi connectivity index (χ0) is 25.8. The molecule has 5 N–H and O–H groups in total. The zero-order valence-corrected chi connectivity index (χ0v) is 19.2. The van der Waals surface area contributed by atoms with E-state index in [4.69, 9.17) is 9.47 Å². The topological polar surface area (TPSA) is 154 Å². The second-order valence-corrected chi connectivity index (χ2v) is 9.05. The van der Waals surface area contributed by atoms with Crippen LogP contribution in [0.1, 0.15) is 43.0 Å². The summed E-state index contributed by atoms with van der Waals surface area (Å²) in [4.78, 5) is 25.7. The van der Waals surface area contributed by atoms with E-state index in [2.05, 4.69) is 0 Å². The van der Waals surface area contributed by atoms with E-state index < -0.39 is 53.3 Å². The van der Waals surface area contributed by atoms with Crippen LogP contribution in [0.25, 0.3) is 0 Å². The Hall–Kier alpha value is -3.76. The van der Waals surface area contributed by atoms with Crippen molar-refractivity contribution in [3.05, 3.63) is 94.0 Å². The van der Waals surface area contributed by atoms with E-state index in [1.165, 1.54) is 42.5 Å². The van der Waals surface area contributed by atoms with E-state index in [0.717, 1.165) is 0 Å². The Bertz CT molecular complexity index is 1350. The van der Waals surface area contributed by atoms with Crippen LogP contribution in [0.3, 0.4) is 0 Å². The van der Waals surface area contributed by atoms with Crippen molar-refractivity contribution in [3.8, 4) is 11.5 Å². The first-order valence-corrected chi connectivity index (χ1v) is 11.3. The number of aryl methyl sites for hydroxylation is 1. The summed E-state index contributed by atoms with van der Waals surface area (Å²) in [7, 11) is 0. The second kappa shape index (κ2) is 8.72. The third-order valence-electron chi connectivity index (χ3n) is 6.74. The summed E-state index contributed by atoms with van der Waals surface area (Å²) in [5.41, 5.74) is -2.10. The fourth-order valence-electron chi connectivity index (χ4n) is 5.03. The number of aliphatic hydroxyl groups is 3. The van der Waals surface area contributed by atoms with Crippen LogP contribution >= 0.6 is 0 Å². The molecule has 186 valence electrons. The highest BCUT2D eigenvalue weighted by Gasteiger charge is 2.56. The van der Waals surface area contributed by atoms with E-state index in [9.17, 15) is 35.1 Å². The molecule has 0 unspecified atom stereocenters.